The van der Waals surface area contributed by atoms with Crippen LogP contribution in [-0.2, 0) is 4.79 Å². The Bertz CT molecular complexity index is 1170. The van der Waals surface area contributed by atoms with E-state index in [0.29, 0.717) is 48.1 Å². The van der Waals surface area contributed by atoms with Crippen molar-refractivity contribution in [3.8, 4) is 6.07 Å². The summed E-state index contributed by atoms with van der Waals surface area (Å²) in [4.78, 5) is 18.8. The average Bonchev–Trinajstić information content (AvgIpc) is 2.75. The molecule has 4 rings (SSSR count). The Morgan fingerprint density at radius 2 is 1.97 bits per heavy atom. The first-order valence-corrected chi connectivity index (χ1v) is 9.83. The molecule has 0 aliphatic carbocycles. The number of hydrogen-bond acceptors (Lipinski definition) is 4. The van der Waals surface area contributed by atoms with E-state index in [4.69, 9.17) is 11.6 Å². The van der Waals surface area contributed by atoms with E-state index in [-0.39, 0.29) is 22.5 Å². The standard InChI is InChI=1S/C22H17ClF2N4O/c23-15-1-3-20(18(25)9-15)28-22(30)13-5-7-29(8-6-13)21-14(11-26)12-27-19-4-2-16(24)10-17(19)21/h1-4,9-10,12-13H,5-8H2,(H,28,30). The second-order valence-electron chi connectivity index (χ2n) is 7.17. The number of nitrogens with zero attached hydrogens (tertiary/aromatic N) is 3. The van der Waals surface area contributed by atoms with Crippen molar-refractivity contribution in [3.05, 3.63) is 64.8 Å². The maximum Gasteiger partial charge on any atom is 0.227 e. The smallest absolute Gasteiger partial charge is 0.227 e. The molecule has 1 aliphatic heterocycles. The Morgan fingerprint density at radius 3 is 2.67 bits per heavy atom. The van der Waals surface area contributed by atoms with Crippen molar-refractivity contribution in [1.82, 2.24) is 4.98 Å². The van der Waals surface area contributed by atoms with E-state index in [1.54, 1.807) is 6.07 Å². The Balaban J connectivity index is 1.52. The lowest BCUT2D eigenvalue weighted by atomic mass is 9.94. The fraction of sp³-hybridized carbons (Fsp3) is 0.227. The van der Waals surface area contributed by atoms with E-state index in [1.807, 2.05) is 4.90 Å². The fourth-order valence-corrected chi connectivity index (χ4v) is 3.92. The minimum Gasteiger partial charge on any atom is -0.370 e. The molecule has 0 bridgehead atoms. The summed E-state index contributed by atoms with van der Waals surface area (Å²) in [5, 5.41) is 13.0. The number of halogens is 3. The normalized spacial score (nSPS) is 14.5. The molecule has 152 valence electrons. The van der Waals surface area contributed by atoms with Gasteiger partial charge in [0.15, 0.2) is 0 Å². The number of aromatic nitrogens is 1. The van der Waals surface area contributed by atoms with E-state index in [9.17, 15) is 18.8 Å². The molecule has 1 aliphatic rings. The highest BCUT2D eigenvalue weighted by molar-refractivity contribution is 6.30. The number of carbonyl (C=O) groups excluding carboxylic acids is 1. The molecule has 2 aromatic carbocycles. The van der Waals surface area contributed by atoms with Gasteiger partial charge in [0.2, 0.25) is 5.91 Å². The summed E-state index contributed by atoms with van der Waals surface area (Å²) in [5.74, 6) is -1.55. The van der Waals surface area contributed by atoms with Gasteiger partial charge in [-0.25, -0.2) is 8.78 Å². The molecule has 30 heavy (non-hydrogen) atoms. The van der Waals surface area contributed by atoms with Gasteiger partial charge in [-0.15, -0.1) is 0 Å². The van der Waals surface area contributed by atoms with Gasteiger partial charge in [-0.05, 0) is 49.2 Å². The van der Waals surface area contributed by atoms with Crippen LogP contribution in [0.4, 0.5) is 20.2 Å². The van der Waals surface area contributed by atoms with Crippen LogP contribution in [0.25, 0.3) is 10.9 Å². The molecular weight excluding hydrogens is 410 g/mol. The monoisotopic (exact) mass is 426 g/mol. The lowest BCUT2D eigenvalue weighted by Gasteiger charge is -2.34. The third kappa shape index (κ3) is 3.91. The van der Waals surface area contributed by atoms with Crippen molar-refractivity contribution in [2.75, 3.05) is 23.3 Å². The minimum atomic E-state index is -0.586. The highest BCUT2D eigenvalue weighted by atomic mass is 35.5. The lowest BCUT2D eigenvalue weighted by molar-refractivity contribution is -0.120. The summed E-state index contributed by atoms with van der Waals surface area (Å²) in [5.41, 5.74) is 1.68. The van der Waals surface area contributed by atoms with Gasteiger partial charge in [-0.1, -0.05) is 11.6 Å². The van der Waals surface area contributed by atoms with Crippen molar-refractivity contribution >= 4 is 39.8 Å². The summed E-state index contributed by atoms with van der Waals surface area (Å²) in [6.07, 6.45) is 2.52. The van der Waals surface area contributed by atoms with Crippen LogP contribution < -0.4 is 10.2 Å². The SMILES string of the molecule is N#Cc1cnc2ccc(F)cc2c1N1CCC(C(=O)Nc2ccc(Cl)cc2F)CC1. The zero-order valence-electron chi connectivity index (χ0n) is 15.8. The first-order valence-electron chi connectivity index (χ1n) is 9.45. The van der Waals surface area contributed by atoms with Crippen LogP contribution >= 0.6 is 11.6 Å². The van der Waals surface area contributed by atoms with Gasteiger partial charge in [0, 0.05) is 35.6 Å². The van der Waals surface area contributed by atoms with Gasteiger partial charge in [0.05, 0.1) is 22.5 Å². The maximum absolute atomic E-state index is 14.0. The average molecular weight is 427 g/mol. The van der Waals surface area contributed by atoms with Crippen LogP contribution in [0.1, 0.15) is 18.4 Å². The molecule has 1 N–H and O–H groups in total. The van der Waals surface area contributed by atoms with Crippen LogP contribution in [-0.4, -0.2) is 24.0 Å². The largest absolute Gasteiger partial charge is 0.370 e. The summed E-state index contributed by atoms with van der Waals surface area (Å²) >= 11 is 5.74. The van der Waals surface area contributed by atoms with Gasteiger partial charge in [0.1, 0.15) is 17.7 Å². The number of nitrogens with one attached hydrogen (secondary N) is 1. The first-order chi connectivity index (χ1) is 14.5. The van der Waals surface area contributed by atoms with E-state index >= 15 is 0 Å². The molecule has 0 unspecified atom stereocenters. The summed E-state index contributed by atoms with van der Waals surface area (Å²) in [7, 11) is 0. The number of piperidine rings is 1. The molecule has 2 heterocycles. The molecular formula is C22H17ClF2N4O. The van der Waals surface area contributed by atoms with Gasteiger partial charge in [-0.3, -0.25) is 9.78 Å². The fourth-order valence-electron chi connectivity index (χ4n) is 3.76. The minimum absolute atomic E-state index is 0.0919. The van der Waals surface area contributed by atoms with Crippen molar-refractivity contribution in [1.29, 1.82) is 5.26 Å². The van der Waals surface area contributed by atoms with Crippen LogP contribution in [0.2, 0.25) is 5.02 Å². The van der Waals surface area contributed by atoms with Crippen molar-refractivity contribution in [2.45, 2.75) is 12.8 Å². The summed E-state index contributed by atoms with van der Waals surface area (Å²) in [6, 6.07) is 10.5. The number of hydrogen-bond donors (Lipinski definition) is 1. The van der Waals surface area contributed by atoms with Crippen LogP contribution in [0.5, 0.6) is 0 Å². The highest BCUT2D eigenvalue weighted by Crippen LogP contribution is 2.33. The molecule has 8 heteroatoms. The second-order valence-corrected chi connectivity index (χ2v) is 7.60. The van der Waals surface area contributed by atoms with Crippen LogP contribution in [0.3, 0.4) is 0 Å². The van der Waals surface area contributed by atoms with Gasteiger partial charge < -0.3 is 10.2 Å². The molecule has 0 radical (unpaired) electrons. The van der Waals surface area contributed by atoms with E-state index in [2.05, 4.69) is 16.4 Å². The molecule has 1 amide bonds. The van der Waals surface area contributed by atoms with E-state index in [1.165, 1.54) is 30.5 Å². The number of nitriles is 1. The number of anilines is 2. The number of rotatable bonds is 3. The van der Waals surface area contributed by atoms with E-state index < -0.39 is 11.6 Å². The molecule has 1 aromatic heterocycles. The second kappa shape index (κ2) is 8.25. The van der Waals surface area contributed by atoms with Crippen LogP contribution in [0, 0.1) is 28.9 Å². The molecule has 0 spiro atoms. The number of carbonyl (C=O) groups is 1. The predicted octanol–water partition coefficient (Wildman–Crippen LogP) is 4.89. The molecule has 3 aromatic rings. The Kier molecular flexibility index (Phi) is 5.51. The maximum atomic E-state index is 14.0. The topological polar surface area (TPSA) is 69.0 Å². The zero-order chi connectivity index (χ0) is 21.3. The molecule has 0 saturated carbocycles. The number of pyridine rings is 1. The third-order valence-electron chi connectivity index (χ3n) is 5.29. The van der Waals surface area contributed by atoms with Crippen molar-refractivity contribution in [3.63, 3.8) is 0 Å². The highest BCUT2D eigenvalue weighted by Gasteiger charge is 2.28. The van der Waals surface area contributed by atoms with Crippen molar-refractivity contribution < 1.29 is 13.6 Å². The Morgan fingerprint density at radius 1 is 1.20 bits per heavy atom. The molecule has 0 atom stereocenters. The number of fused-ring (bicyclic) bond motifs is 1. The predicted molar refractivity (Wildman–Crippen MR) is 111 cm³/mol. The molecule has 1 fully saturated rings. The van der Waals surface area contributed by atoms with Gasteiger partial charge in [-0.2, -0.15) is 5.26 Å². The molecule has 5 nitrogen and oxygen atoms in total. The molecule has 1 saturated heterocycles. The Hall–Kier alpha value is -3.24. The lowest BCUT2D eigenvalue weighted by Crippen LogP contribution is -2.38. The van der Waals surface area contributed by atoms with Gasteiger partial charge in [0.25, 0.3) is 0 Å². The Labute approximate surface area is 176 Å². The van der Waals surface area contributed by atoms with E-state index in [0.717, 1.165) is 6.07 Å². The zero-order valence-corrected chi connectivity index (χ0v) is 16.6. The quantitative estimate of drug-likeness (QED) is 0.647. The third-order valence-corrected chi connectivity index (χ3v) is 5.53. The van der Waals surface area contributed by atoms with Crippen molar-refractivity contribution in [2.24, 2.45) is 5.92 Å². The summed E-state index contributed by atoms with van der Waals surface area (Å²) in [6.45, 7) is 1.01. The number of benzene rings is 2. The van der Waals surface area contributed by atoms with Crippen LogP contribution in [0.15, 0.2) is 42.6 Å². The summed E-state index contributed by atoms with van der Waals surface area (Å²) < 4.78 is 27.8. The first kappa shape index (κ1) is 20.0. The number of amides is 1. The van der Waals surface area contributed by atoms with Gasteiger partial charge >= 0.3 is 0 Å².